The van der Waals surface area contributed by atoms with Crippen molar-refractivity contribution in [2.45, 2.75) is 66.0 Å². The van der Waals surface area contributed by atoms with Crippen LogP contribution in [0.25, 0.3) is 0 Å². The van der Waals surface area contributed by atoms with Crippen LogP contribution < -0.4 is 10.6 Å². The monoisotopic (exact) mass is 276 g/mol. The van der Waals surface area contributed by atoms with Crippen molar-refractivity contribution in [3.8, 4) is 0 Å². The summed E-state index contributed by atoms with van der Waals surface area (Å²) in [6.07, 6.45) is 3.34. The van der Waals surface area contributed by atoms with Crippen LogP contribution >= 0.6 is 0 Å². The summed E-state index contributed by atoms with van der Waals surface area (Å²) in [7, 11) is 0. The van der Waals surface area contributed by atoms with Gasteiger partial charge in [0.15, 0.2) is 0 Å². The smallest absolute Gasteiger partial charge is 0.0417 e. The topological polar surface area (TPSA) is 29.3 Å². The number of nitrogens with two attached hydrogens (primary N) is 1. The van der Waals surface area contributed by atoms with Crippen LogP contribution in [0.5, 0.6) is 0 Å². The molecule has 0 amide bonds. The molecular formula is C18H32N2. The Balaban J connectivity index is 3.18. The van der Waals surface area contributed by atoms with Crippen molar-refractivity contribution in [3.05, 3.63) is 29.8 Å². The molecule has 0 bridgehead atoms. The van der Waals surface area contributed by atoms with Gasteiger partial charge in [0, 0.05) is 24.3 Å². The minimum Gasteiger partial charge on any atom is -0.368 e. The first-order chi connectivity index (χ1) is 9.54. The fourth-order valence-electron chi connectivity index (χ4n) is 2.85. The summed E-state index contributed by atoms with van der Waals surface area (Å²) >= 11 is 0. The molecule has 2 N–H and O–H groups in total. The molecule has 0 radical (unpaired) electrons. The first-order valence-electron chi connectivity index (χ1n) is 8.16. The van der Waals surface area contributed by atoms with Crippen molar-refractivity contribution in [2.24, 2.45) is 11.7 Å². The van der Waals surface area contributed by atoms with Gasteiger partial charge in [0.05, 0.1) is 0 Å². The third-order valence-electron chi connectivity index (χ3n) is 4.03. The normalized spacial score (nSPS) is 13.0. The van der Waals surface area contributed by atoms with Gasteiger partial charge in [-0.25, -0.2) is 0 Å². The number of hydrogen-bond donors (Lipinski definition) is 1. The third-order valence-corrected chi connectivity index (χ3v) is 4.03. The predicted octanol–water partition coefficient (Wildman–Crippen LogP) is 4.75. The molecule has 1 aromatic rings. The first-order valence-corrected chi connectivity index (χ1v) is 8.16. The fraction of sp³-hybridized carbons (Fsp3) is 0.667. The van der Waals surface area contributed by atoms with E-state index in [1.165, 1.54) is 24.1 Å². The molecule has 2 nitrogen and oxygen atoms in total. The van der Waals surface area contributed by atoms with Crippen LogP contribution in [0.1, 0.15) is 65.5 Å². The van der Waals surface area contributed by atoms with E-state index in [2.05, 4.69) is 63.8 Å². The molecule has 1 rings (SSSR count). The Hall–Kier alpha value is -1.02. The molecule has 114 valence electrons. The van der Waals surface area contributed by atoms with Gasteiger partial charge in [-0.2, -0.15) is 0 Å². The Kier molecular flexibility index (Phi) is 7.08. The third kappa shape index (κ3) is 4.24. The summed E-state index contributed by atoms with van der Waals surface area (Å²) in [5.41, 5.74) is 8.95. The number of rotatable bonds is 8. The summed E-state index contributed by atoms with van der Waals surface area (Å²) in [5.74, 6) is 0.654. The Bertz CT molecular complexity index is 383. The van der Waals surface area contributed by atoms with Crippen LogP contribution in [0.4, 0.5) is 5.69 Å². The molecule has 0 heterocycles. The Morgan fingerprint density at radius 3 is 2.10 bits per heavy atom. The molecule has 20 heavy (non-hydrogen) atoms. The Morgan fingerprint density at radius 2 is 1.60 bits per heavy atom. The molecule has 0 spiro atoms. The highest BCUT2D eigenvalue weighted by Crippen LogP contribution is 2.30. The average molecular weight is 276 g/mol. The number of hydrogen-bond acceptors (Lipinski definition) is 2. The van der Waals surface area contributed by atoms with Crippen molar-refractivity contribution in [1.29, 1.82) is 0 Å². The summed E-state index contributed by atoms with van der Waals surface area (Å²) in [6.45, 7) is 12.4. The van der Waals surface area contributed by atoms with E-state index in [9.17, 15) is 0 Å². The van der Waals surface area contributed by atoms with Crippen molar-refractivity contribution in [1.82, 2.24) is 0 Å². The van der Waals surface area contributed by atoms with Crippen molar-refractivity contribution < 1.29 is 0 Å². The van der Waals surface area contributed by atoms with Gasteiger partial charge < -0.3 is 10.6 Å². The standard InChI is InChI=1S/C18H32N2/c1-6-15(7-2)20(13-14(4)5)18-12-10-9-11-16(18)17(19)8-3/h9-12,14-15,17H,6-8,13,19H2,1-5H3/t17-/m0/s1. The second-order valence-corrected chi connectivity index (χ2v) is 6.09. The van der Waals surface area contributed by atoms with Crippen LogP contribution in [0.15, 0.2) is 24.3 Å². The summed E-state index contributed by atoms with van der Waals surface area (Å²) in [6, 6.07) is 9.41. The van der Waals surface area contributed by atoms with Crippen LogP contribution in [-0.2, 0) is 0 Å². The average Bonchev–Trinajstić information content (AvgIpc) is 2.46. The molecule has 0 aromatic heterocycles. The van der Waals surface area contributed by atoms with Gasteiger partial charge in [0.1, 0.15) is 0 Å². The Labute approximate surface area is 125 Å². The number of benzene rings is 1. The molecular weight excluding hydrogens is 244 g/mol. The molecule has 0 aliphatic carbocycles. The largest absolute Gasteiger partial charge is 0.368 e. The maximum atomic E-state index is 6.32. The van der Waals surface area contributed by atoms with Gasteiger partial charge in [-0.15, -0.1) is 0 Å². The van der Waals surface area contributed by atoms with Crippen molar-refractivity contribution in [3.63, 3.8) is 0 Å². The van der Waals surface area contributed by atoms with E-state index in [0.29, 0.717) is 12.0 Å². The SMILES string of the molecule is CCC(CC)N(CC(C)C)c1ccccc1[C@@H](N)CC. The van der Waals surface area contributed by atoms with Crippen LogP contribution in [-0.4, -0.2) is 12.6 Å². The van der Waals surface area contributed by atoms with Crippen molar-refractivity contribution >= 4 is 5.69 Å². The lowest BCUT2D eigenvalue weighted by Gasteiger charge is -2.36. The van der Waals surface area contributed by atoms with Gasteiger partial charge in [0.25, 0.3) is 0 Å². The predicted molar refractivity (Wildman–Crippen MR) is 90.2 cm³/mol. The number of para-hydroxylation sites is 1. The quantitative estimate of drug-likeness (QED) is 0.742. The molecule has 0 unspecified atom stereocenters. The van der Waals surface area contributed by atoms with E-state index in [4.69, 9.17) is 5.73 Å². The molecule has 1 atom stereocenters. The zero-order valence-electron chi connectivity index (χ0n) is 13.9. The zero-order valence-corrected chi connectivity index (χ0v) is 13.9. The van der Waals surface area contributed by atoms with Gasteiger partial charge >= 0.3 is 0 Å². The molecule has 0 saturated heterocycles. The lowest BCUT2D eigenvalue weighted by molar-refractivity contribution is 0.504. The summed E-state index contributed by atoms with van der Waals surface area (Å²) < 4.78 is 0. The fourth-order valence-corrected chi connectivity index (χ4v) is 2.85. The van der Waals surface area contributed by atoms with E-state index < -0.39 is 0 Å². The highest BCUT2D eigenvalue weighted by atomic mass is 15.2. The summed E-state index contributed by atoms with van der Waals surface area (Å²) in [5, 5.41) is 0. The zero-order chi connectivity index (χ0) is 15.1. The first kappa shape index (κ1) is 17.0. The minimum atomic E-state index is 0.134. The maximum Gasteiger partial charge on any atom is 0.0417 e. The van der Waals surface area contributed by atoms with Gasteiger partial charge in [0.2, 0.25) is 0 Å². The highest BCUT2D eigenvalue weighted by Gasteiger charge is 2.21. The van der Waals surface area contributed by atoms with E-state index in [0.717, 1.165) is 13.0 Å². The lowest BCUT2D eigenvalue weighted by atomic mass is 9.99. The van der Waals surface area contributed by atoms with E-state index in [-0.39, 0.29) is 6.04 Å². The lowest BCUT2D eigenvalue weighted by Crippen LogP contribution is -2.38. The summed E-state index contributed by atoms with van der Waals surface area (Å²) in [4.78, 5) is 2.58. The molecule has 0 aliphatic heterocycles. The van der Waals surface area contributed by atoms with Gasteiger partial charge in [-0.3, -0.25) is 0 Å². The van der Waals surface area contributed by atoms with E-state index in [1.807, 2.05) is 0 Å². The van der Waals surface area contributed by atoms with E-state index in [1.54, 1.807) is 0 Å². The van der Waals surface area contributed by atoms with Gasteiger partial charge in [-0.1, -0.05) is 52.8 Å². The van der Waals surface area contributed by atoms with Crippen molar-refractivity contribution in [2.75, 3.05) is 11.4 Å². The van der Waals surface area contributed by atoms with Crippen LogP contribution in [0.2, 0.25) is 0 Å². The maximum absolute atomic E-state index is 6.32. The van der Waals surface area contributed by atoms with Crippen LogP contribution in [0, 0.1) is 5.92 Å². The number of anilines is 1. The van der Waals surface area contributed by atoms with E-state index >= 15 is 0 Å². The molecule has 1 aromatic carbocycles. The van der Waals surface area contributed by atoms with Crippen LogP contribution in [0.3, 0.4) is 0 Å². The second kappa shape index (κ2) is 8.31. The molecule has 0 saturated carbocycles. The highest BCUT2D eigenvalue weighted by molar-refractivity contribution is 5.55. The second-order valence-electron chi connectivity index (χ2n) is 6.09. The Morgan fingerprint density at radius 1 is 1.00 bits per heavy atom. The minimum absolute atomic E-state index is 0.134. The molecule has 0 aliphatic rings. The van der Waals surface area contributed by atoms with Gasteiger partial charge in [-0.05, 0) is 36.8 Å². The molecule has 0 fully saturated rings. The number of nitrogens with zero attached hydrogens (tertiary/aromatic N) is 1. The molecule has 2 heteroatoms.